The standard InChI is InChI=1S/C24H28ClN5O2S/c1-33(31)30-6-2-17(3-7-30)20-10-18-11-24(32-21(18)14-26-20)15-23(16-24)4-8-29(9-5-23)22-27-12-19(25)13-28-22/h2,10,12-14H,3-9,11,15-16H2,1H3. The van der Waals surface area contributed by atoms with Crippen molar-refractivity contribution in [1.82, 2.24) is 19.3 Å². The third kappa shape index (κ3) is 3.96. The van der Waals surface area contributed by atoms with E-state index in [1.807, 2.05) is 10.5 Å². The Bertz CT molecular complexity index is 1120. The minimum atomic E-state index is -0.914. The van der Waals surface area contributed by atoms with Crippen LogP contribution in [0.25, 0.3) is 5.57 Å². The summed E-state index contributed by atoms with van der Waals surface area (Å²) in [6.45, 7) is 3.49. The highest BCUT2D eigenvalue weighted by molar-refractivity contribution is 7.81. The van der Waals surface area contributed by atoms with Gasteiger partial charge in [-0.1, -0.05) is 17.7 Å². The third-order valence-corrected chi connectivity index (χ3v) is 9.01. The SMILES string of the molecule is CS(=O)N1CC=C(c2cc3c(cn2)OC2(C3)CC3(CCN(c4ncc(Cl)cn4)CC3)C2)CC1. The average Bonchev–Trinajstić information content (AvgIpc) is 3.18. The molecule has 0 amide bonds. The number of anilines is 1. The zero-order valence-electron chi connectivity index (χ0n) is 18.8. The van der Waals surface area contributed by atoms with Gasteiger partial charge in [-0.05, 0) is 49.2 Å². The second-order valence-corrected chi connectivity index (χ2v) is 11.8. The largest absolute Gasteiger partial charge is 0.485 e. The van der Waals surface area contributed by atoms with Gasteiger partial charge in [0.25, 0.3) is 0 Å². The molecule has 0 bridgehead atoms. The molecule has 2 spiro atoms. The minimum Gasteiger partial charge on any atom is -0.485 e. The van der Waals surface area contributed by atoms with E-state index in [0.29, 0.717) is 10.4 Å². The van der Waals surface area contributed by atoms with E-state index in [2.05, 4.69) is 27.0 Å². The van der Waals surface area contributed by atoms with E-state index in [-0.39, 0.29) is 5.60 Å². The maximum Gasteiger partial charge on any atom is 0.225 e. The van der Waals surface area contributed by atoms with Crippen LogP contribution in [0.15, 0.2) is 30.7 Å². The van der Waals surface area contributed by atoms with Crippen molar-refractivity contribution in [2.24, 2.45) is 5.41 Å². The number of ether oxygens (including phenoxy) is 1. The minimum absolute atomic E-state index is 0.0571. The summed E-state index contributed by atoms with van der Waals surface area (Å²) in [5, 5.41) is 0.572. The first-order chi connectivity index (χ1) is 15.9. The molecule has 1 unspecified atom stereocenters. The van der Waals surface area contributed by atoms with E-state index >= 15 is 0 Å². The first-order valence-corrected chi connectivity index (χ1v) is 13.5. The van der Waals surface area contributed by atoms with Crippen LogP contribution in [-0.4, -0.2) is 61.5 Å². The van der Waals surface area contributed by atoms with Crippen LogP contribution in [0.1, 0.15) is 43.4 Å². The van der Waals surface area contributed by atoms with E-state index < -0.39 is 11.0 Å². The fourth-order valence-corrected chi connectivity index (χ4v) is 6.87. The molecule has 1 aliphatic carbocycles. The Morgan fingerprint density at radius 2 is 1.85 bits per heavy atom. The van der Waals surface area contributed by atoms with Crippen molar-refractivity contribution in [3.05, 3.63) is 47.0 Å². The molecule has 0 radical (unpaired) electrons. The Morgan fingerprint density at radius 1 is 1.09 bits per heavy atom. The molecule has 2 aromatic heterocycles. The van der Waals surface area contributed by atoms with Gasteiger partial charge in [-0.2, -0.15) is 0 Å². The molecule has 0 N–H and O–H groups in total. The summed E-state index contributed by atoms with van der Waals surface area (Å²) in [6.07, 6.45) is 15.5. The van der Waals surface area contributed by atoms with Crippen LogP contribution in [0.3, 0.4) is 0 Å². The fourth-order valence-electron chi connectivity index (χ4n) is 6.14. The van der Waals surface area contributed by atoms with Gasteiger partial charge in [-0.15, -0.1) is 0 Å². The van der Waals surface area contributed by atoms with Crippen LogP contribution >= 0.6 is 11.6 Å². The molecule has 4 aliphatic rings. The maximum absolute atomic E-state index is 11.7. The van der Waals surface area contributed by atoms with E-state index in [4.69, 9.17) is 21.3 Å². The van der Waals surface area contributed by atoms with Crippen LogP contribution in [0, 0.1) is 5.41 Å². The molecule has 33 heavy (non-hydrogen) atoms. The second-order valence-electron chi connectivity index (χ2n) is 9.97. The molecular formula is C24H28ClN5O2S. The molecule has 1 atom stereocenters. The Hall–Kier alpha value is -2.03. The smallest absolute Gasteiger partial charge is 0.225 e. The molecular weight excluding hydrogens is 458 g/mol. The van der Waals surface area contributed by atoms with E-state index in [1.54, 1.807) is 18.6 Å². The summed E-state index contributed by atoms with van der Waals surface area (Å²) in [4.78, 5) is 15.7. The van der Waals surface area contributed by atoms with Crippen molar-refractivity contribution in [2.45, 2.75) is 44.1 Å². The Kier molecular flexibility index (Phi) is 5.23. The zero-order chi connectivity index (χ0) is 22.6. The molecule has 0 aromatic carbocycles. The Labute approximate surface area is 201 Å². The number of hydrogen-bond donors (Lipinski definition) is 0. The molecule has 1 saturated carbocycles. The highest BCUT2D eigenvalue weighted by atomic mass is 35.5. The van der Waals surface area contributed by atoms with Gasteiger partial charge in [-0.3, -0.25) is 4.98 Å². The van der Waals surface area contributed by atoms with Crippen molar-refractivity contribution < 1.29 is 8.95 Å². The van der Waals surface area contributed by atoms with Crippen molar-refractivity contribution >= 4 is 34.1 Å². The van der Waals surface area contributed by atoms with Crippen molar-refractivity contribution in [3.8, 4) is 5.75 Å². The predicted octanol–water partition coefficient (Wildman–Crippen LogP) is 3.66. The summed E-state index contributed by atoms with van der Waals surface area (Å²) in [6, 6.07) is 2.22. The van der Waals surface area contributed by atoms with Crippen LogP contribution in [-0.2, 0) is 17.4 Å². The molecule has 6 rings (SSSR count). The molecule has 9 heteroatoms. The van der Waals surface area contributed by atoms with Crippen molar-refractivity contribution in [3.63, 3.8) is 0 Å². The van der Waals surface area contributed by atoms with E-state index in [0.717, 1.165) is 82.1 Å². The Morgan fingerprint density at radius 3 is 2.52 bits per heavy atom. The quantitative estimate of drug-likeness (QED) is 0.660. The Balaban J connectivity index is 1.09. The zero-order valence-corrected chi connectivity index (χ0v) is 20.4. The first kappa shape index (κ1) is 21.5. The van der Waals surface area contributed by atoms with Gasteiger partial charge in [-0.25, -0.2) is 18.5 Å². The molecule has 174 valence electrons. The van der Waals surface area contributed by atoms with E-state index in [9.17, 15) is 4.21 Å². The van der Waals surface area contributed by atoms with Gasteiger partial charge in [0.15, 0.2) is 0 Å². The van der Waals surface area contributed by atoms with Crippen molar-refractivity contribution in [2.75, 3.05) is 37.3 Å². The lowest BCUT2D eigenvalue weighted by Gasteiger charge is -2.57. The average molecular weight is 486 g/mol. The molecule has 2 fully saturated rings. The van der Waals surface area contributed by atoms with Gasteiger partial charge in [0.2, 0.25) is 5.95 Å². The number of hydrogen-bond acceptors (Lipinski definition) is 6. The van der Waals surface area contributed by atoms with Crippen LogP contribution < -0.4 is 9.64 Å². The molecule has 1 saturated heterocycles. The highest BCUT2D eigenvalue weighted by Crippen LogP contribution is 2.60. The number of pyridine rings is 1. The molecule has 7 nitrogen and oxygen atoms in total. The molecule has 2 aromatic rings. The van der Waals surface area contributed by atoms with Gasteiger partial charge in [0.05, 0.1) is 40.3 Å². The summed E-state index contributed by atoms with van der Waals surface area (Å²) < 4.78 is 20.2. The van der Waals surface area contributed by atoms with Crippen LogP contribution in [0.4, 0.5) is 5.95 Å². The number of halogens is 1. The van der Waals surface area contributed by atoms with Gasteiger partial charge in [0.1, 0.15) is 11.4 Å². The van der Waals surface area contributed by atoms with E-state index in [1.165, 1.54) is 11.1 Å². The summed E-state index contributed by atoms with van der Waals surface area (Å²) >= 11 is 5.93. The number of fused-ring (bicyclic) bond motifs is 1. The summed E-state index contributed by atoms with van der Waals surface area (Å²) in [7, 11) is -0.914. The van der Waals surface area contributed by atoms with Gasteiger partial charge < -0.3 is 9.64 Å². The number of rotatable bonds is 3. The fraction of sp³-hybridized carbons (Fsp3) is 0.542. The van der Waals surface area contributed by atoms with Gasteiger partial charge in [0, 0.05) is 44.4 Å². The van der Waals surface area contributed by atoms with Gasteiger partial charge >= 0.3 is 0 Å². The second kappa shape index (κ2) is 8.03. The summed E-state index contributed by atoms with van der Waals surface area (Å²) in [5.41, 5.74) is 3.89. The van der Waals surface area contributed by atoms with Crippen LogP contribution in [0.5, 0.6) is 5.75 Å². The van der Waals surface area contributed by atoms with Crippen molar-refractivity contribution in [1.29, 1.82) is 0 Å². The lowest BCUT2D eigenvalue weighted by molar-refractivity contribution is -0.106. The number of aromatic nitrogens is 3. The topological polar surface area (TPSA) is 71.5 Å². The molecule has 3 aliphatic heterocycles. The maximum atomic E-state index is 11.7. The third-order valence-electron chi connectivity index (χ3n) is 7.76. The normalized spacial score (nSPS) is 24.2. The first-order valence-electron chi connectivity index (χ1n) is 11.6. The predicted molar refractivity (Wildman–Crippen MR) is 130 cm³/mol. The highest BCUT2D eigenvalue weighted by Gasteiger charge is 2.59. The molecule has 5 heterocycles. The lowest BCUT2D eigenvalue weighted by atomic mass is 9.54. The lowest BCUT2D eigenvalue weighted by Crippen LogP contribution is -2.58. The number of piperidine rings is 1. The summed E-state index contributed by atoms with van der Waals surface area (Å²) in [5.74, 6) is 1.73. The van der Waals surface area contributed by atoms with Crippen LogP contribution in [0.2, 0.25) is 5.02 Å². The monoisotopic (exact) mass is 485 g/mol. The number of nitrogens with zero attached hydrogens (tertiary/aromatic N) is 5.